The highest BCUT2D eigenvalue weighted by molar-refractivity contribution is 7.92. The maximum Gasteiger partial charge on any atom is 0.229 e. The number of anilines is 1. The van der Waals surface area contributed by atoms with Crippen molar-refractivity contribution in [1.29, 1.82) is 0 Å². The average Bonchev–Trinajstić information content (AvgIpc) is 2.14. The van der Waals surface area contributed by atoms with Crippen LogP contribution in [0.25, 0.3) is 0 Å². The summed E-state index contributed by atoms with van der Waals surface area (Å²) < 4.78 is 24.1. The minimum Gasteiger partial charge on any atom is -0.409 e. The van der Waals surface area contributed by atoms with Crippen molar-refractivity contribution in [2.24, 2.45) is 10.9 Å². The van der Waals surface area contributed by atoms with E-state index >= 15 is 0 Å². The van der Waals surface area contributed by atoms with Gasteiger partial charge in [-0.3, -0.25) is 4.72 Å². The molecular formula is C8H10ClN3O3S. The van der Waals surface area contributed by atoms with Crippen LogP contribution < -0.4 is 10.5 Å². The maximum absolute atomic E-state index is 10.9. The second kappa shape index (κ2) is 4.58. The van der Waals surface area contributed by atoms with Crippen LogP contribution in [0.5, 0.6) is 0 Å². The molecule has 0 saturated heterocycles. The van der Waals surface area contributed by atoms with Gasteiger partial charge in [-0.1, -0.05) is 16.8 Å². The Morgan fingerprint density at radius 1 is 1.56 bits per heavy atom. The van der Waals surface area contributed by atoms with Gasteiger partial charge in [-0.2, -0.15) is 0 Å². The van der Waals surface area contributed by atoms with Gasteiger partial charge >= 0.3 is 0 Å². The molecule has 0 amide bonds. The van der Waals surface area contributed by atoms with Crippen molar-refractivity contribution in [2.75, 3.05) is 11.0 Å². The van der Waals surface area contributed by atoms with Crippen LogP contribution >= 0.6 is 11.6 Å². The van der Waals surface area contributed by atoms with Gasteiger partial charge in [0, 0.05) is 11.3 Å². The van der Waals surface area contributed by atoms with Crippen LogP contribution in [-0.4, -0.2) is 25.7 Å². The lowest BCUT2D eigenvalue weighted by Crippen LogP contribution is -2.14. The molecule has 1 aromatic carbocycles. The lowest BCUT2D eigenvalue weighted by atomic mass is 10.2. The summed E-state index contributed by atoms with van der Waals surface area (Å²) in [6, 6.07) is 4.28. The number of hydrogen-bond acceptors (Lipinski definition) is 4. The summed E-state index contributed by atoms with van der Waals surface area (Å²) in [7, 11) is -3.35. The first-order chi connectivity index (χ1) is 7.33. The Kier molecular flexibility index (Phi) is 3.61. The van der Waals surface area contributed by atoms with E-state index in [1.54, 1.807) is 0 Å². The molecule has 1 rings (SSSR count). The third-order valence-electron chi connectivity index (χ3n) is 1.66. The first kappa shape index (κ1) is 12.6. The SMILES string of the molecule is CS(=O)(=O)Nc1ccc(C(N)=NO)c(Cl)c1. The molecule has 0 aromatic heterocycles. The lowest BCUT2D eigenvalue weighted by Gasteiger charge is -2.06. The Morgan fingerprint density at radius 2 is 2.19 bits per heavy atom. The number of hydrogen-bond donors (Lipinski definition) is 3. The number of nitrogens with one attached hydrogen (secondary N) is 1. The number of halogens is 1. The fourth-order valence-corrected chi connectivity index (χ4v) is 1.89. The minimum absolute atomic E-state index is 0.143. The van der Waals surface area contributed by atoms with Crippen LogP contribution in [0.3, 0.4) is 0 Å². The first-order valence-corrected chi connectivity index (χ1v) is 6.35. The summed E-state index contributed by atoms with van der Waals surface area (Å²) in [5, 5.41) is 11.4. The summed E-state index contributed by atoms with van der Waals surface area (Å²) in [5.74, 6) is -0.143. The van der Waals surface area contributed by atoms with Crippen molar-refractivity contribution in [3.05, 3.63) is 28.8 Å². The molecule has 0 heterocycles. The summed E-state index contributed by atoms with van der Waals surface area (Å²) in [4.78, 5) is 0. The van der Waals surface area contributed by atoms with Crippen LogP contribution in [0.1, 0.15) is 5.56 Å². The summed E-state index contributed by atoms with van der Waals surface area (Å²) in [5.41, 5.74) is 5.98. The van der Waals surface area contributed by atoms with Crippen molar-refractivity contribution in [3.63, 3.8) is 0 Å². The van der Waals surface area contributed by atoms with E-state index in [9.17, 15) is 8.42 Å². The van der Waals surface area contributed by atoms with Crippen LogP contribution in [0.2, 0.25) is 5.02 Å². The highest BCUT2D eigenvalue weighted by Gasteiger charge is 2.08. The van der Waals surface area contributed by atoms with Crippen LogP contribution in [0, 0.1) is 0 Å². The Labute approximate surface area is 97.8 Å². The van der Waals surface area contributed by atoms with Crippen molar-refractivity contribution in [2.45, 2.75) is 0 Å². The molecule has 0 atom stereocenters. The van der Waals surface area contributed by atoms with Gasteiger partial charge in [-0.05, 0) is 18.2 Å². The van der Waals surface area contributed by atoms with Crippen molar-refractivity contribution in [3.8, 4) is 0 Å². The van der Waals surface area contributed by atoms with Crippen LogP contribution in [0.15, 0.2) is 23.4 Å². The summed E-state index contributed by atoms with van der Waals surface area (Å²) >= 11 is 5.83. The molecule has 8 heteroatoms. The van der Waals surface area contributed by atoms with Gasteiger partial charge < -0.3 is 10.9 Å². The highest BCUT2D eigenvalue weighted by atomic mass is 35.5. The fraction of sp³-hybridized carbons (Fsp3) is 0.125. The molecule has 0 aliphatic heterocycles. The predicted molar refractivity (Wildman–Crippen MR) is 62.4 cm³/mol. The molecular weight excluding hydrogens is 254 g/mol. The van der Waals surface area contributed by atoms with Crippen molar-refractivity contribution >= 4 is 33.1 Å². The number of oxime groups is 1. The molecule has 0 fully saturated rings. The zero-order chi connectivity index (χ0) is 12.3. The first-order valence-electron chi connectivity index (χ1n) is 4.09. The van der Waals surface area contributed by atoms with Gasteiger partial charge in [-0.15, -0.1) is 0 Å². The summed E-state index contributed by atoms with van der Waals surface area (Å²) in [6.45, 7) is 0. The number of amidine groups is 1. The normalized spacial score (nSPS) is 12.5. The average molecular weight is 264 g/mol. The van der Waals surface area contributed by atoms with E-state index in [1.165, 1.54) is 18.2 Å². The minimum atomic E-state index is -3.35. The third kappa shape index (κ3) is 3.28. The highest BCUT2D eigenvalue weighted by Crippen LogP contribution is 2.21. The number of nitrogens with zero attached hydrogens (tertiary/aromatic N) is 1. The predicted octanol–water partition coefficient (Wildman–Crippen LogP) is 0.806. The molecule has 0 aliphatic rings. The van der Waals surface area contributed by atoms with Gasteiger partial charge in [0.1, 0.15) is 0 Å². The molecule has 16 heavy (non-hydrogen) atoms. The smallest absolute Gasteiger partial charge is 0.229 e. The molecule has 0 spiro atoms. The van der Waals surface area contributed by atoms with E-state index in [0.29, 0.717) is 11.3 Å². The molecule has 6 nitrogen and oxygen atoms in total. The summed E-state index contributed by atoms with van der Waals surface area (Å²) in [6.07, 6.45) is 1.03. The van der Waals surface area contributed by atoms with Crippen molar-refractivity contribution in [1.82, 2.24) is 0 Å². The molecule has 0 bridgehead atoms. The Balaban J connectivity index is 3.10. The fourth-order valence-electron chi connectivity index (χ4n) is 1.05. The Hall–Kier alpha value is -1.47. The maximum atomic E-state index is 10.9. The van der Waals surface area contributed by atoms with Gasteiger partial charge in [0.15, 0.2) is 5.84 Å². The zero-order valence-electron chi connectivity index (χ0n) is 8.31. The molecule has 1 aromatic rings. The van der Waals surface area contributed by atoms with E-state index < -0.39 is 10.0 Å². The topological polar surface area (TPSA) is 105 Å². The molecule has 0 saturated carbocycles. The second-order valence-corrected chi connectivity index (χ2v) is 5.21. The Bertz CT molecular complexity index is 527. The molecule has 4 N–H and O–H groups in total. The van der Waals surface area contributed by atoms with Gasteiger partial charge in [0.05, 0.1) is 11.3 Å². The molecule has 0 radical (unpaired) electrons. The van der Waals surface area contributed by atoms with Crippen molar-refractivity contribution < 1.29 is 13.6 Å². The molecule has 0 unspecified atom stereocenters. The lowest BCUT2D eigenvalue weighted by molar-refractivity contribution is 0.318. The van der Waals surface area contributed by atoms with Crippen LogP contribution in [0.4, 0.5) is 5.69 Å². The van der Waals surface area contributed by atoms with Gasteiger partial charge in [0.25, 0.3) is 0 Å². The zero-order valence-corrected chi connectivity index (χ0v) is 9.88. The van der Waals surface area contributed by atoms with E-state index in [4.69, 9.17) is 22.5 Å². The standard InChI is InChI=1S/C8H10ClN3O3S/c1-16(14,15)12-5-2-3-6(7(9)4-5)8(10)11-13/h2-4,12-13H,1H3,(H2,10,11). The van der Waals surface area contributed by atoms with E-state index in [0.717, 1.165) is 6.26 Å². The number of benzene rings is 1. The monoisotopic (exact) mass is 263 g/mol. The van der Waals surface area contributed by atoms with E-state index in [1.807, 2.05) is 0 Å². The van der Waals surface area contributed by atoms with Gasteiger partial charge in [0.2, 0.25) is 10.0 Å². The third-order valence-corrected chi connectivity index (χ3v) is 2.58. The number of rotatable bonds is 3. The van der Waals surface area contributed by atoms with E-state index in [-0.39, 0.29) is 10.9 Å². The largest absolute Gasteiger partial charge is 0.409 e. The molecule has 88 valence electrons. The van der Waals surface area contributed by atoms with Gasteiger partial charge in [-0.25, -0.2) is 8.42 Å². The van der Waals surface area contributed by atoms with E-state index in [2.05, 4.69) is 9.88 Å². The van der Waals surface area contributed by atoms with Crippen LogP contribution in [-0.2, 0) is 10.0 Å². The number of nitrogens with two attached hydrogens (primary N) is 1. The second-order valence-electron chi connectivity index (χ2n) is 3.05. The molecule has 0 aliphatic carbocycles. The Morgan fingerprint density at radius 3 is 2.62 bits per heavy atom. The number of sulfonamides is 1. The quantitative estimate of drug-likeness (QED) is 0.325.